The fourth-order valence-electron chi connectivity index (χ4n) is 1.19. The summed E-state index contributed by atoms with van der Waals surface area (Å²) in [4.78, 5) is 22.3. The Morgan fingerprint density at radius 2 is 2.00 bits per heavy atom. The maximum absolute atomic E-state index is 11.4. The molecule has 14 heavy (non-hydrogen) atoms. The zero-order valence-corrected chi connectivity index (χ0v) is 8.11. The van der Waals surface area contributed by atoms with Gasteiger partial charge in [-0.1, -0.05) is 0 Å². The van der Waals surface area contributed by atoms with Gasteiger partial charge in [0.25, 0.3) is 5.56 Å². The average molecular weight is 189 g/mol. The first-order valence-corrected chi connectivity index (χ1v) is 4.41. The van der Waals surface area contributed by atoms with Crippen LogP contribution in [0.25, 0.3) is 0 Å². The first-order valence-electron chi connectivity index (χ1n) is 4.41. The van der Waals surface area contributed by atoms with Gasteiger partial charge in [-0.25, -0.2) is 0 Å². The molecule has 0 fully saturated rings. The topological polar surface area (TPSA) is 57.6 Å². The van der Waals surface area contributed by atoms with Gasteiger partial charge in [-0.3, -0.25) is 14.8 Å². The van der Waals surface area contributed by atoms with E-state index < -0.39 is 0 Å². The van der Waals surface area contributed by atoms with Crippen molar-refractivity contribution in [3.05, 3.63) is 22.6 Å². The number of nitrogens with zero attached hydrogens (tertiary/aromatic N) is 2. The van der Waals surface area contributed by atoms with Crippen molar-refractivity contribution in [1.29, 1.82) is 0 Å². The number of fused-ring (bicyclic) bond motifs is 1. The third-order valence-corrected chi connectivity index (χ3v) is 1.98. The minimum Gasteiger partial charge on any atom is -0.327 e. The van der Waals surface area contributed by atoms with Crippen molar-refractivity contribution in [3.63, 3.8) is 0 Å². The number of hydrogen-bond donors (Lipinski definition) is 1. The molecular formula is C10H11N3O. The highest BCUT2D eigenvalue weighted by atomic mass is 16.1. The zero-order valence-electron chi connectivity index (χ0n) is 8.11. The first kappa shape index (κ1) is 8.87. The lowest BCUT2D eigenvalue weighted by Crippen LogP contribution is -2.13. The molecule has 0 saturated carbocycles. The molecule has 1 aromatic heterocycles. The van der Waals surface area contributed by atoms with Crippen LogP contribution >= 0.6 is 0 Å². The van der Waals surface area contributed by atoms with Gasteiger partial charge >= 0.3 is 0 Å². The third-order valence-electron chi connectivity index (χ3n) is 1.98. The van der Waals surface area contributed by atoms with E-state index >= 15 is 0 Å². The van der Waals surface area contributed by atoms with Crippen molar-refractivity contribution in [2.75, 3.05) is 0 Å². The fourth-order valence-corrected chi connectivity index (χ4v) is 1.19. The number of H-pyrrole nitrogens is 1. The molecule has 0 atom stereocenters. The van der Waals surface area contributed by atoms with Crippen LogP contribution in [-0.2, 0) is 0 Å². The SMILES string of the molecule is CC1(C)C=Nc2cc[nH]c(=O)c2N=C1. The normalized spacial score (nSPS) is 17.6. The Bertz CT molecular complexity index is 469. The molecule has 0 amide bonds. The van der Waals surface area contributed by atoms with Crippen LogP contribution in [0, 0.1) is 5.41 Å². The molecule has 72 valence electrons. The lowest BCUT2D eigenvalue weighted by molar-refractivity contribution is 0.767. The predicted molar refractivity (Wildman–Crippen MR) is 57.1 cm³/mol. The van der Waals surface area contributed by atoms with Crippen molar-refractivity contribution >= 4 is 23.8 Å². The van der Waals surface area contributed by atoms with Crippen LogP contribution in [0.2, 0.25) is 0 Å². The summed E-state index contributed by atoms with van der Waals surface area (Å²) in [6.45, 7) is 3.97. The van der Waals surface area contributed by atoms with Crippen LogP contribution in [0.4, 0.5) is 11.4 Å². The van der Waals surface area contributed by atoms with Crippen LogP contribution in [-0.4, -0.2) is 17.4 Å². The molecule has 0 aliphatic carbocycles. The van der Waals surface area contributed by atoms with Crippen molar-refractivity contribution < 1.29 is 0 Å². The summed E-state index contributed by atoms with van der Waals surface area (Å²) in [6.07, 6.45) is 5.10. The van der Waals surface area contributed by atoms with E-state index in [-0.39, 0.29) is 11.0 Å². The molecular weight excluding hydrogens is 178 g/mol. The molecule has 0 aromatic carbocycles. The van der Waals surface area contributed by atoms with Crippen LogP contribution in [0.3, 0.4) is 0 Å². The summed E-state index contributed by atoms with van der Waals surface area (Å²) in [7, 11) is 0. The molecule has 0 saturated heterocycles. The highest BCUT2D eigenvalue weighted by molar-refractivity contribution is 5.93. The zero-order chi connectivity index (χ0) is 10.2. The summed E-state index contributed by atoms with van der Waals surface area (Å²) >= 11 is 0. The second-order valence-corrected chi connectivity index (χ2v) is 3.88. The molecule has 1 aliphatic heterocycles. The Labute approximate surface area is 81.4 Å². The largest absolute Gasteiger partial charge is 0.327 e. The van der Waals surface area contributed by atoms with Gasteiger partial charge in [0.1, 0.15) is 0 Å². The lowest BCUT2D eigenvalue weighted by Gasteiger charge is -2.08. The molecule has 0 radical (unpaired) electrons. The molecule has 2 rings (SSSR count). The minimum absolute atomic E-state index is 0.200. The number of aromatic amines is 1. The van der Waals surface area contributed by atoms with Gasteiger partial charge in [0.2, 0.25) is 0 Å². The Morgan fingerprint density at radius 1 is 1.29 bits per heavy atom. The van der Waals surface area contributed by atoms with Crippen LogP contribution in [0.1, 0.15) is 13.8 Å². The predicted octanol–water partition coefficient (Wildman–Crippen LogP) is 1.82. The number of pyridine rings is 1. The second kappa shape index (κ2) is 2.90. The van der Waals surface area contributed by atoms with Crippen LogP contribution < -0.4 is 5.56 Å². The molecule has 0 bridgehead atoms. The number of aliphatic imine (C=N–C) groups is 2. The highest BCUT2D eigenvalue weighted by Crippen LogP contribution is 2.26. The summed E-state index contributed by atoms with van der Waals surface area (Å²) in [5.41, 5.74) is 0.601. The van der Waals surface area contributed by atoms with Gasteiger partial charge in [-0.15, -0.1) is 0 Å². The van der Waals surface area contributed by atoms with E-state index in [2.05, 4.69) is 15.0 Å². The molecule has 1 aliphatic rings. The Kier molecular flexibility index (Phi) is 1.84. The van der Waals surface area contributed by atoms with Gasteiger partial charge in [0, 0.05) is 24.0 Å². The van der Waals surface area contributed by atoms with Crippen LogP contribution in [0.15, 0.2) is 27.0 Å². The summed E-state index contributed by atoms with van der Waals surface area (Å²) in [6, 6.07) is 1.74. The van der Waals surface area contributed by atoms with Crippen LogP contribution in [0.5, 0.6) is 0 Å². The van der Waals surface area contributed by atoms with E-state index in [1.165, 1.54) is 0 Å². The maximum atomic E-state index is 11.4. The maximum Gasteiger partial charge on any atom is 0.276 e. The molecule has 4 nitrogen and oxygen atoms in total. The molecule has 0 spiro atoms. The Balaban J connectivity index is 2.66. The van der Waals surface area contributed by atoms with Gasteiger partial charge in [0.15, 0.2) is 5.69 Å². The van der Waals surface area contributed by atoms with Crippen molar-refractivity contribution in [2.45, 2.75) is 13.8 Å². The molecule has 4 heteroatoms. The monoisotopic (exact) mass is 189 g/mol. The molecule has 1 N–H and O–H groups in total. The minimum atomic E-state index is -0.203. The quantitative estimate of drug-likeness (QED) is 0.664. The van der Waals surface area contributed by atoms with E-state index in [9.17, 15) is 4.79 Å². The second-order valence-electron chi connectivity index (χ2n) is 3.88. The number of aromatic nitrogens is 1. The van der Waals surface area contributed by atoms with Gasteiger partial charge in [0.05, 0.1) is 5.69 Å². The lowest BCUT2D eigenvalue weighted by atomic mass is 9.98. The van der Waals surface area contributed by atoms with E-state index in [0.717, 1.165) is 0 Å². The van der Waals surface area contributed by atoms with Crippen molar-refractivity contribution in [1.82, 2.24) is 4.98 Å². The average Bonchev–Trinajstić information content (AvgIpc) is 2.27. The third kappa shape index (κ3) is 1.51. The number of hydrogen-bond acceptors (Lipinski definition) is 3. The molecule has 1 aromatic rings. The molecule has 0 unspecified atom stereocenters. The number of rotatable bonds is 0. The summed E-state index contributed by atoms with van der Waals surface area (Å²) < 4.78 is 0. The van der Waals surface area contributed by atoms with Gasteiger partial charge in [-0.05, 0) is 19.9 Å². The van der Waals surface area contributed by atoms with E-state index in [1.54, 1.807) is 24.7 Å². The highest BCUT2D eigenvalue weighted by Gasteiger charge is 2.16. The van der Waals surface area contributed by atoms with Crippen molar-refractivity contribution in [2.24, 2.45) is 15.4 Å². The number of nitrogens with one attached hydrogen (secondary N) is 1. The van der Waals surface area contributed by atoms with E-state index in [4.69, 9.17) is 0 Å². The van der Waals surface area contributed by atoms with Gasteiger partial charge in [-0.2, -0.15) is 0 Å². The fraction of sp³-hybridized carbons (Fsp3) is 0.300. The summed E-state index contributed by atoms with van der Waals surface area (Å²) in [5, 5.41) is 0. The van der Waals surface area contributed by atoms with E-state index in [0.29, 0.717) is 11.4 Å². The summed E-state index contributed by atoms with van der Waals surface area (Å²) in [5.74, 6) is 0. The molecule has 2 heterocycles. The van der Waals surface area contributed by atoms with E-state index in [1.807, 2.05) is 13.8 Å². The first-order chi connectivity index (χ1) is 6.58. The Hall–Kier alpha value is -1.71. The van der Waals surface area contributed by atoms with Crippen molar-refractivity contribution in [3.8, 4) is 0 Å². The smallest absolute Gasteiger partial charge is 0.276 e. The standard InChI is InChI=1S/C10H11N3O/c1-10(2)5-12-7-3-4-11-9(14)8(7)13-6-10/h3-6H,1-2H3,(H,11,14). The Morgan fingerprint density at radius 3 is 2.79 bits per heavy atom. The van der Waals surface area contributed by atoms with Gasteiger partial charge < -0.3 is 4.98 Å².